The molecule has 2 amide bonds. The summed E-state index contributed by atoms with van der Waals surface area (Å²) in [7, 11) is 0. The molecule has 0 radical (unpaired) electrons. The highest BCUT2D eigenvalue weighted by Crippen LogP contribution is 2.44. The molecule has 0 bridgehead atoms. The normalized spacial score (nSPS) is 16.2. The van der Waals surface area contributed by atoms with E-state index >= 15 is 0 Å². The highest BCUT2D eigenvalue weighted by Gasteiger charge is 2.47. The fraction of sp³-hybridized carbons (Fsp3) is 0.250. The van der Waals surface area contributed by atoms with E-state index in [1.165, 1.54) is 0 Å². The van der Waals surface area contributed by atoms with Crippen LogP contribution in [0.4, 0.5) is 4.79 Å². The Morgan fingerprint density at radius 3 is 2.00 bits per heavy atom. The molecule has 2 aliphatic rings. The second-order valence-corrected chi connectivity index (χ2v) is 9.04. The van der Waals surface area contributed by atoms with Crippen LogP contribution in [0, 0.1) is 0 Å². The largest absolute Gasteiger partial charge is 0.479 e. The van der Waals surface area contributed by atoms with Gasteiger partial charge in [-0.2, -0.15) is 0 Å². The van der Waals surface area contributed by atoms with Gasteiger partial charge in [0.2, 0.25) is 5.91 Å². The Labute approximate surface area is 203 Å². The van der Waals surface area contributed by atoms with Gasteiger partial charge in [-0.25, -0.2) is 9.59 Å². The molecule has 0 heterocycles. The number of hydrogen-bond donors (Lipinski definition) is 3. The number of hydrogen-bond acceptors (Lipinski definition) is 4. The molecule has 5 rings (SSSR count). The molecule has 1 saturated carbocycles. The Balaban J connectivity index is 1.26. The van der Waals surface area contributed by atoms with Gasteiger partial charge in [0.25, 0.3) is 0 Å². The van der Waals surface area contributed by atoms with Crippen LogP contribution < -0.4 is 10.6 Å². The predicted molar refractivity (Wildman–Crippen MR) is 130 cm³/mol. The van der Waals surface area contributed by atoms with Crippen molar-refractivity contribution in [2.24, 2.45) is 0 Å². The molecule has 0 spiro atoms. The summed E-state index contributed by atoms with van der Waals surface area (Å²) in [6.07, 6.45) is 0.905. The Morgan fingerprint density at radius 2 is 1.46 bits per heavy atom. The van der Waals surface area contributed by atoms with Crippen molar-refractivity contribution in [3.8, 4) is 11.1 Å². The SMILES string of the molecule is O=C(NC1(C(=O)NC(C(=O)O)c2ccccc2)CCC1)OCC1c2ccccc2-c2ccccc21. The third-order valence-corrected chi connectivity index (χ3v) is 6.98. The van der Waals surface area contributed by atoms with Crippen molar-refractivity contribution in [1.29, 1.82) is 0 Å². The molecule has 0 aromatic heterocycles. The number of nitrogens with one attached hydrogen (secondary N) is 2. The Bertz CT molecular complexity index is 1220. The first-order valence-corrected chi connectivity index (χ1v) is 11.7. The summed E-state index contributed by atoms with van der Waals surface area (Å²) in [4.78, 5) is 37.7. The molecular formula is C28H26N2O5. The van der Waals surface area contributed by atoms with Crippen LogP contribution >= 0.6 is 0 Å². The van der Waals surface area contributed by atoms with Crippen molar-refractivity contribution >= 4 is 18.0 Å². The predicted octanol–water partition coefficient (Wildman–Crippen LogP) is 4.39. The molecule has 35 heavy (non-hydrogen) atoms. The number of alkyl carbamates (subject to hydrolysis) is 1. The minimum Gasteiger partial charge on any atom is -0.479 e. The minimum absolute atomic E-state index is 0.0891. The average molecular weight is 471 g/mol. The van der Waals surface area contributed by atoms with Gasteiger partial charge >= 0.3 is 12.1 Å². The van der Waals surface area contributed by atoms with Gasteiger partial charge in [-0.1, -0.05) is 78.9 Å². The van der Waals surface area contributed by atoms with Crippen LogP contribution in [0.1, 0.15) is 47.9 Å². The first-order valence-electron chi connectivity index (χ1n) is 11.7. The molecule has 1 unspecified atom stereocenters. The van der Waals surface area contributed by atoms with Crippen LogP contribution in [0.25, 0.3) is 11.1 Å². The van der Waals surface area contributed by atoms with Crippen LogP contribution in [-0.2, 0) is 14.3 Å². The molecule has 3 aromatic rings. The van der Waals surface area contributed by atoms with E-state index in [0.29, 0.717) is 18.4 Å². The summed E-state index contributed by atoms with van der Waals surface area (Å²) in [6, 6.07) is 23.4. The summed E-state index contributed by atoms with van der Waals surface area (Å²) in [5.74, 6) is -1.78. The standard InChI is InChI=1S/C28H26N2O5/c31-25(32)24(18-9-2-1-3-10-18)29-26(33)28(15-8-16-28)30-27(34)35-17-23-21-13-6-4-11-19(21)20-12-5-7-14-22(20)23/h1-7,9-14,23-24H,8,15-17H2,(H,29,33)(H,30,34)(H,31,32). The monoisotopic (exact) mass is 470 g/mol. The van der Waals surface area contributed by atoms with E-state index in [1.54, 1.807) is 30.3 Å². The molecule has 7 nitrogen and oxygen atoms in total. The summed E-state index contributed by atoms with van der Waals surface area (Å²) in [5, 5.41) is 15.0. The fourth-order valence-electron chi connectivity index (χ4n) is 4.97. The molecule has 0 aliphatic heterocycles. The number of carbonyl (C=O) groups is 3. The molecule has 3 aromatic carbocycles. The lowest BCUT2D eigenvalue weighted by Gasteiger charge is -2.40. The van der Waals surface area contributed by atoms with Gasteiger partial charge in [0.05, 0.1) is 0 Å². The summed E-state index contributed by atoms with van der Waals surface area (Å²) in [5.41, 5.74) is 3.75. The fourth-order valence-corrected chi connectivity index (χ4v) is 4.97. The molecule has 3 N–H and O–H groups in total. The summed E-state index contributed by atoms with van der Waals surface area (Å²) >= 11 is 0. The van der Waals surface area contributed by atoms with Crippen LogP contribution in [-0.4, -0.2) is 35.2 Å². The molecule has 1 fully saturated rings. The van der Waals surface area contributed by atoms with Crippen molar-refractivity contribution in [1.82, 2.24) is 10.6 Å². The third-order valence-electron chi connectivity index (χ3n) is 6.98. The first kappa shape index (κ1) is 22.7. The number of benzene rings is 3. The van der Waals surface area contributed by atoms with Gasteiger partial charge in [0, 0.05) is 5.92 Å². The number of carboxylic acids is 1. The average Bonchev–Trinajstić information content (AvgIpc) is 3.17. The first-order chi connectivity index (χ1) is 17.0. The molecular weight excluding hydrogens is 444 g/mol. The number of carbonyl (C=O) groups excluding carboxylic acids is 2. The number of ether oxygens (including phenoxy) is 1. The zero-order valence-electron chi connectivity index (χ0n) is 19.1. The lowest BCUT2D eigenvalue weighted by molar-refractivity contribution is -0.144. The van der Waals surface area contributed by atoms with Crippen molar-refractivity contribution < 1.29 is 24.2 Å². The number of carboxylic acid groups (broad SMARTS) is 1. The third kappa shape index (κ3) is 4.25. The van der Waals surface area contributed by atoms with Gasteiger partial charge in [-0.05, 0) is 47.1 Å². The van der Waals surface area contributed by atoms with Crippen LogP contribution in [0.3, 0.4) is 0 Å². The summed E-state index contributed by atoms with van der Waals surface area (Å²) in [6.45, 7) is 0.138. The Kier molecular flexibility index (Phi) is 5.99. The van der Waals surface area contributed by atoms with Crippen molar-refractivity contribution in [2.45, 2.75) is 36.8 Å². The van der Waals surface area contributed by atoms with E-state index in [1.807, 2.05) is 36.4 Å². The Hall–Kier alpha value is -4.13. The second-order valence-electron chi connectivity index (χ2n) is 9.04. The van der Waals surface area contributed by atoms with Gasteiger partial charge in [-0.15, -0.1) is 0 Å². The van der Waals surface area contributed by atoms with Gasteiger partial charge in [0.1, 0.15) is 12.1 Å². The highest BCUT2D eigenvalue weighted by atomic mass is 16.5. The second kappa shape index (κ2) is 9.25. The maximum Gasteiger partial charge on any atom is 0.408 e. The quantitative estimate of drug-likeness (QED) is 0.475. The maximum atomic E-state index is 13.1. The van der Waals surface area contributed by atoms with E-state index < -0.39 is 29.6 Å². The van der Waals surface area contributed by atoms with E-state index in [-0.39, 0.29) is 12.5 Å². The number of amides is 2. The minimum atomic E-state index is -1.20. The van der Waals surface area contributed by atoms with Crippen molar-refractivity contribution in [3.05, 3.63) is 95.6 Å². The summed E-state index contributed by atoms with van der Waals surface area (Å²) < 4.78 is 5.61. The lowest BCUT2D eigenvalue weighted by atomic mass is 9.76. The Morgan fingerprint density at radius 1 is 0.886 bits per heavy atom. The van der Waals surface area contributed by atoms with Gasteiger partial charge in [0.15, 0.2) is 6.04 Å². The van der Waals surface area contributed by atoms with Gasteiger partial charge < -0.3 is 20.5 Å². The molecule has 1 atom stereocenters. The van der Waals surface area contributed by atoms with E-state index in [4.69, 9.17) is 4.74 Å². The van der Waals surface area contributed by atoms with E-state index in [2.05, 4.69) is 22.8 Å². The number of fused-ring (bicyclic) bond motifs is 3. The smallest absolute Gasteiger partial charge is 0.408 e. The van der Waals surface area contributed by atoms with Gasteiger partial charge in [-0.3, -0.25) is 4.79 Å². The zero-order chi connectivity index (χ0) is 24.4. The topological polar surface area (TPSA) is 105 Å². The van der Waals surface area contributed by atoms with E-state index in [9.17, 15) is 19.5 Å². The van der Waals surface area contributed by atoms with Crippen molar-refractivity contribution in [3.63, 3.8) is 0 Å². The van der Waals surface area contributed by atoms with Crippen molar-refractivity contribution in [2.75, 3.05) is 6.61 Å². The lowest BCUT2D eigenvalue weighted by Crippen LogP contribution is -2.63. The number of aliphatic carboxylic acids is 1. The van der Waals surface area contributed by atoms with Crippen LogP contribution in [0.5, 0.6) is 0 Å². The maximum absolute atomic E-state index is 13.1. The molecule has 0 saturated heterocycles. The van der Waals surface area contributed by atoms with Crippen LogP contribution in [0.15, 0.2) is 78.9 Å². The highest BCUT2D eigenvalue weighted by molar-refractivity contribution is 5.94. The molecule has 2 aliphatic carbocycles. The van der Waals surface area contributed by atoms with Crippen LogP contribution in [0.2, 0.25) is 0 Å². The molecule has 7 heteroatoms. The molecule has 178 valence electrons. The number of rotatable bonds is 7. The zero-order valence-corrected chi connectivity index (χ0v) is 19.1. The van der Waals surface area contributed by atoms with E-state index in [0.717, 1.165) is 28.7 Å².